The molecule has 15 heavy (non-hydrogen) atoms. The van der Waals surface area contributed by atoms with Gasteiger partial charge in [-0.25, -0.2) is 4.79 Å². The number of aliphatic carboxylic acids is 1. The van der Waals surface area contributed by atoms with Crippen LogP contribution in [0.2, 0.25) is 0 Å². The van der Waals surface area contributed by atoms with E-state index in [0.29, 0.717) is 0 Å². The summed E-state index contributed by atoms with van der Waals surface area (Å²) >= 11 is 0. The van der Waals surface area contributed by atoms with Gasteiger partial charge < -0.3 is 15.1 Å². The van der Waals surface area contributed by atoms with E-state index in [-0.39, 0.29) is 13.1 Å². The third-order valence-electron chi connectivity index (χ3n) is 1.82. The van der Waals surface area contributed by atoms with Crippen LogP contribution in [0.4, 0.5) is 13.2 Å². The van der Waals surface area contributed by atoms with Gasteiger partial charge in [0.05, 0.1) is 6.42 Å². The number of aliphatic hydroxyl groups is 1. The van der Waals surface area contributed by atoms with Crippen molar-refractivity contribution in [2.75, 3.05) is 20.1 Å². The monoisotopic (exact) mass is 229 g/mol. The molecule has 0 amide bonds. The van der Waals surface area contributed by atoms with Crippen molar-refractivity contribution in [3.05, 3.63) is 0 Å². The summed E-state index contributed by atoms with van der Waals surface area (Å²) in [6.45, 7) is 0.352. The van der Waals surface area contributed by atoms with E-state index in [1.165, 1.54) is 7.05 Å². The first-order valence-corrected chi connectivity index (χ1v) is 4.26. The molecule has 0 aromatic heterocycles. The highest BCUT2D eigenvalue weighted by molar-refractivity contribution is 5.76. The molecule has 0 aliphatic carbocycles. The van der Waals surface area contributed by atoms with Crippen molar-refractivity contribution in [3.63, 3.8) is 0 Å². The van der Waals surface area contributed by atoms with Crippen LogP contribution in [0, 0.1) is 0 Å². The lowest BCUT2D eigenvalue weighted by Crippen LogP contribution is -2.46. The van der Waals surface area contributed by atoms with Crippen LogP contribution in [-0.2, 0) is 4.79 Å². The van der Waals surface area contributed by atoms with Crippen molar-refractivity contribution in [2.45, 2.75) is 25.1 Å². The van der Waals surface area contributed by atoms with Crippen LogP contribution >= 0.6 is 0 Å². The third kappa shape index (κ3) is 6.29. The quantitative estimate of drug-likeness (QED) is 0.728. The van der Waals surface area contributed by atoms with Crippen LogP contribution in [0.15, 0.2) is 0 Å². The van der Waals surface area contributed by atoms with E-state index in [9.17, 15) is 23.1 Å². The zero-order valence-corrected chi connectivity index (χ0v) is 8.51. The molecule has 90 valence electrons. The summed E-state index contributed by atoms with van der Waals surface area (Å²) in [6.07, 6.45) is -5.30. The van der Waals surface area contributed by atoms with Gasteiger partial charge in [-0.2, -0.15) is 13.2 Å². The largest absolute Gasteiger partial charge is 0.479 e. The van der Waals surface area contributed by atoms with E-state index in [1.54, 1.807) is 0 Å². The summed E-state index contributed by atoms with van der Waals surface area (Å²) in [7, 11) is 1.32. The summed E-state index contributed by atoms with van der Waals surface area (Å²) in [5, 5.41) is 17.8. The van der Waals surface area contributed by atoms with Gasteiger partial charge in [-0.15, -0.1) is 0 Å². The van der Waals surface area contributed by atoms with Gasteiger partial charge >= 0.3 is 12.1 Å². The van der Waals surface area contributed by atoms with Crippen LogP contribution in [0.25, 0.3) is 0 Å². The van der Waals surface area contributed by atoms with Crippen molar-refractivity contribution in [1.82, 2.24) is 4.90 Å². The smallest absolute Gasteiger partial charge is 0.390 e. The fourth-order valence-electron chi connectivity index (χ4n) is 0.990. The van der Waals surface area contributed by atoms with Crippen molar-refractivity contribution in [3.8, 4) is 0 Å². The Morgan fingerprint density at radius 2 is 1.87 bits per heavy atom. The Bertz CT molecular complexity index is 228. The molecule has 0 bridgehead atoms. The highest BCUT2D eigenvalue weighted by Crippen LogP contribution is 2.19. The number of hydrogen-bond donors (Lipinski definition) is 2. The minimum absolute atomic E-state index is 0.340. The SMILES string of the molecule is CN(CCC(F)(F)F)CC(C)(O)C(=O)O. The topological polar surface area (TPSA) is 60.8 Å². The molecule has 0 aromatic carbocycles. The zero-order chi connectivity index (χ0) is 12.3. The number of nitrogens with zero attached hydrogens (tertiary/aromatic N) is 1. The van der Waals surface area contributed by atoms with E-state index in [4.69, 9.17) is 5.11 Å². The molecule has 4 nitrogen and oxygen atoms in total. The molecule has 0 fully saturated rings. The Balaban J connectivity index is 4.04. The summed E-state index contributed by atoms with van der Waals surface area (Å²) in [6, 6.07) is 0. The molecule has 0 aliphatic heterocycles. The second-order valence-electron chi connectivity index (χ2n) is 3.68. The van der Waals surface area contributed by atoms with Crippen molar-refractivity contribution < 1.29 is 28.2 Å². The Morgan fingerprint density at radius 1 is 1.40 bits per heavy atom. The fraction of sp³-hybridized carbons (Fsp3) is 0.875. The van der Waals surface area contributed by atoms with Gasteiger partial charge in [0.2, 0.25) is 0 Å². The van der Waals surface area contributed by atoms with E-state index < -0.39 is 24.2 Å². The molecule has 0 aliphatic rings. The number of halogens is 3. The van der Waals surface area contributed by atoms with Crippen molar-refractivity contribution in [1.29, 1.82) is 0 Å². The fourth-order valence-corrected chi connectivity index (χ4v) is 0.990. The zero-order valence-electron chi connectivity index (χ0n) is 8.51. The molecule has 0 rings (SSSR count). The van der Waals surface area contributed by atoms with Gasteiger partial charge in [-0.3, -0.25) is 0 Å². The van der Waals surface area contributed by atoms with Crippen LogP contribution < -0.4 is 0 Å². The maximum atomic E-state index is 11.8. The van der Waals surface area contributed by atoms with Gasteiger partial charge in [-0.05, 0) is 14.0 Å². The predicted octanol–water partition coefficient (Wildman–Crippen LogP) is 0.706. The summed E-state index contributed by atoms with van der Waals surface area (Å²) < 4.78 is 35.4. The van der Waals surface area contributed by atoms with Gasteiger partial charge in [0.1, 0.15) is 0 Å². The molecular weight excluding hydrogens is 215 g/mol. The Hall–Kier alpha value is -0.820. The Kier molecular flexibility index (Phi) is 4.54. The highest BCUT2D eigenvalue weighted by atomic mass is 19.4. The predicted molar refractivity (Wildman–Crippen MR) is 46.4 cm³/mol. The molecule has 7 heteroatoms. The van der Waals surface area contributed by atoms with E-state index in [2.05, 4.69) is 0 Å². The number of carboxylic acids is 1. The van der Waals surface area contributed by atoms with Crippen LogP contribution in [0.5, 0.6) is 0 Å². The minimum atomic E-state index is -4.27. The second kappa shape index (κ2) is 4.80. The van der Waals surface area contributed by atoms with Crippen LogP contribution in [0.3, 0.4) is 0 Å². The standard InChI is InChI=1S/C8H14F3NO3/c1-7(15,6(13)14)5-12(2)4-3-8(9,10)11/h15H,3-5H2,1-2H3,(H,13,14). The van der Waals surface area contributed by atoms with Crippen LogP contribution in [-0.4, -0.2) is 53.0 Å². The number of carbonyl (C=O) groups is 1. The highest BCUT2D eigenvalue weighted by Gasteiger charge is 2.33. The Labute approximate surface area is 85.3 Å². The lowest BCUT2D eigenvalue weighted by Gasteiger charge is -2.25. The van der Waals surface area contributed by atoms with Crippen molar-refractivity contribution in [2.24, 2.45) is 0 Å². The van der Waals surface area contributed by atoms with E-state index >= 15 is 0 Å². The molecule has 0 saturated carbocycles. The van der Waals surface area contributed by atoms with Gasteiger partial charge in [0.25, 0.3) is 0 Å². The van der Waals surface area contributed by atoms with E-state index in [1.807, 2.05) is 0 Å². The number of hydrogen-bond acceptors (Lipinski definition) is 3. The lowest BCUT2D eigenvalue weighted by atomic mass is 10.1. The number of rotatable bonds is 5. The molecule has 1 unspecified atom stereocenters. The molecular formula is C8H14F3NO3. The molecule has 0 heterocycles. The maximum absolute atomic E-state index is 11.8. The normalized spacial score (nSPS) is 16.5. The molecule has 2 N–H and O–H groups in total. The molecule has 1 atom stereocenters. The first kappa shape index (κ1) is 14.2. The lowest BCUT2D eigenvalue weighted by molar-refractivity contribution is -0.159. The molecule has 0 saturated heterocycles. The average molecular weight is 229 g/mol. The van der Waals surface area contributed by atoms with Crippen molar-refractivity contribution >= 4 is 5.97 Å². The third-order valence-corrected chi connectivity index (χ3v) is 1.82. The summed E-state index contributed by atoms with van der Waals surface area (Å²) in [4.78, 5) is 11.6. The number of likely N-dealkylation sites (N-methyl/N-ethyl adjacent to an activating group) is 1. The Morgan fingerprint density at radius 3 is 2.20 bits per heavy atom. The van der Waals surface area contributed by atoms with E-state index in [0.717, 1.165) is 11.8 Å². The first-order chi connectivity index (χ1) is 6.54. The van der Waals surface area contributed by atoms with Gasteiger partial charge in [0, 0.05) is 13.1 Å². The summed E-state index contributed by atoms with van der Waals surface area (Å²) in [5.41, 5.74) is -2.03. The average Bonchev–Trinajstić information content (AvgIpc) is 1.98. The van der Waals surface area contributed by atoms with Gasteiger partial charge in [0.15, 0.2) is 5.60 Å². The minimum Gasteiger partial charge on any atom is -0.479 e. The second-order valence-corrected chi connectivity index (χ2v) is 3.68. The maximum Gasteiger partial charge on any atom is 0.390 e. The molecule has 0 aromatic rings. The molecule has 0 radical (unpaired) electrons. The summed E-state index contributed by atoms with van der Waals surface area (Å²) in [5.74, 6) is -1.46. The first-order valence-electron chi connectivity index (χ1n) is 4.26. The number of alkyl halides is 3. The van der Waals surface area contributed by atoms with Crippen LogP contribution in [0.1, 0.15) is 13.3 Å². The number of carboxylic acid groups (broad SMARTS) is 1. The molecule has 0 spiro atoms. The van der Waals surface area contributed by atoms with Gasteiger partial charge in [-0.1, -0.05) is 0 Å².